The summed E-state index contributed by atoms with van der Waals surface area (Å²) in [5.41, 5.74) is 1.86. The minimum absolute atomic E-state index is 0.0218. The predicted octanol–water partition coefficient (Wildman–Crippen LogP) is 5.46. The number of amidine groups is 1. The van der Waals surface area contributed by atoms with E-state index in [2.05, 4.69) is 27.0 Å². The number of nitrogens with zero attached hydrogens (tertiary/aromatic N) is 4. The highest BCUT2D eigenvalue weighted by molar-refractivity contribution is 6.07. The van der Waals surface area contributed by atoms with E-state index in [0.717, 1.165) is 31.4 Å². The number of carbonyl (C=O) groups is 1. The molecule has 2 atom stereocenters. The van der Waals surface area contributed by atoms with Crippen LogP contribution in [0.15, 0.2) is 65.8 Å². The first-order chi connectivity index (χ1) is 17.4. The average molecular weight is 491 g/mol. The van der Waals surface area contributed by atoms with E-state index in [1.807, 2.05) is 31.3 Å². The van der Waals surface area contributed by atoms with Crippen LogP contribution in [0.2, 0.25) is 0 Å². The second-order valence-electron chi connectivity index (χ2n) is 9.88. The maximum absolute atomic E-state index is 15.3. The number of fused-ring (bicyclic) bond motifs is 1. The Balaban J connectivity index is 1.20. The molecule has 188 valence electrons. The third kappa shape index (κ3) is 4.52. The fourth-order valence-corrected chi connectivity index (χ4v) is 5.75. The monoisotopic (exact) mass is 490 g/mol. The van der Waals surface area contributed by atoms with Gasteiger partial charge in [0.1, 0.15) is 17.8 Å². The minimum Gasteiger partial charge on any atom is -0.300 e. The molecule has 0 saturated carbocycles. The minimum atomic E-state index is -1.18. The van der Waals surface area contributed by atoms with Gasteiger partial charge in [-0.15, -0.1) is 0 Å². The molecule has 7 heteroatoms. The van der Waals surface area contributed by atoms with E-state index < -0.39 is 11.7 Å². The largest absolute Gasteiger partial charge is 0.300 e. The molecular formula is C29H32F2N4O. The molecule has 5 nitrogen and oxygen atoms in total. The Morgan fingerprint density at radius 3 is 2.50 bits per heavy atom. The van der Waals surface area contributed by atoms with E-state index in [-0.39, 0.29) is 24.8 Å². The number of pyridine rings is 1. The lowest BCUT2D eigenvalue weighted by Crippen LogP contribution is -2.46. The maximum Gasteiger partial charge on any atom is 0.260 e. The molecule has 5 rings (SSSR count). The molecule has 2 aliphatic heterocycles. The van der Waals surface area contributed by atoms with Gasteiger partial charge in [-0.1, -0.05) is 37.3 Å². The Kier molecular flexibility index (Phi) is 6.84. The van der Waals surface area contributed by atoms with Crippen molar-refractivity contribution in [3.05, 3.63) is 77.7 Å². The van der Waals surface area contributed by atoms with Crippen LogP contribution in [0, 0.1) is 5.82 Å². The summed E-state index contributed by atoms with van der Waals surface area (Å²) in [5.74, 6) is 0.345. The van der Waals surface area contributed by atoms with Crippen molar-refractivity contribution in [2.24, 2.45) is 4.99 Å². The van der Waals surface area contributed by atoms with E-state index in [4.69, 9.17) is 0 Å². The molecule has 3 aromatic rings. The van der Waals surface area contributed by atoms with E-state index in [1.54, 1.807) is 19.1 Å². The number of hydrogen-bond donors (Lipinski definition) is 0. The normalized spacial score (nSPS) is 22.3. The topological polar surface area (TPSA) is 48.8 Å². The highest BCUT2D eigenvalue weighted by Gasteiger charge is 2.47. The third-order valence-corrected chi connectivity index (χ3v) is 7.72. The predicted molar refractivity (Wildman–Crippen MR) is 138 cm³/mol. The molecule has 1 saturated heterocycles. The standard InChI is InChI=1S/C29H32F2N4O/c1-3-29(22-8-10-23(30)11-9-22)28(36)35(20(2)33-29)19-24(31)18-34-16-13-21(14-17-34)25-12-15-32-27-7-5-4-6-26(25)27/h4-12,15,21,24H,3,13-14,16-19H2,1-2H3. The molecule has 2 unspecified atom stereocenters. The highest BCUT2D eigenvalue weighted by Crippen LogP contribution is 2.37. The van der Waals surface area contributed by atoms with Gasteiger partial charge in [-0.3, -0.25) is 19.7 Å². The molecule has 2 aromatic carbocycles. The van der Waals surface area contributed by atoms with Gasteiger partial charge in [0.2, 0.25) is 0 Å². The van der Waals surface area contributed by atoms with E-state index in [0.29, 0.717) is 23.7 Å². The van der Waals surface area contributed by atoms with Crippen molar-refractivity contribution in [2.75, 3.05) is 26.2 Å². The van der Waals surface area contributed by atoms with Gasteiger partial charge in [-0.2, -0.15) is 0 Å². The lowest BCUT2D eigenvalue weighted by atomic mass is 9.87. The molecule has 0 bridgehead atoms. The first-order valence-corrected chi connectivity index (χ1v) is 12.8. The van der Waals surface area contributed by atoms with Gasteiger partial charge < -0.3 is 4.90 Å². The van der Waals surface area contributed by atoms with Gasteiger partial charge in [0.25, 0.3) is 5.91 Å². The van der Waals surface area contributed by atoms with Crippen molar-refractivity contribution in [2.45, 2.75) is 50.7 Å². The fraction of sp³-hybridized carbons (Fsp3) is 0.414. The van der Waals surface area contributed by atoms with Crippen molar-refractivity contribution in [3.63, 3.8) is 0 Å². The zero-order valence-corrected chi connectivity index (χ0v) is 20.8. The number of alkyl halides is 1. The molecule has 0 spiro atoms. The summed E-state index contributed by atoms with van der Waals surface area (Å²) in [6, 6.07) is 16.2. The molecule has 0 radical (unpaired) electrons. The number of carbonyl (C=O) groups excluding carboxylic acids is 1. The second kappa shape index (κ2) is 10.1. The number of benzene rings is 2. The van der Waals surface area contributed by atoms with Gasteiger partial charge in [0, 0.05) is 18.1 Å². The number of piperidine rings is 1. The van der Waals surface area contributed by atoms with Gasteiger partial charge >= 0.3 is 0 Å². The quantitative estimate of drug-likeness (QED) is 0.442. The van der Waals surface area contributed by atoms with Crippen molar-refractivity contribution in [1.29, 1.82) is 0 Å². The number of para-hydroxylation sites is 1. The zero-order valence-electron chi connectivity index (χ0n) is 20.8. The van der Waals surface area contributed by atoms with Crippen LogP contribution >= 0.6 is 0 Å². The second-order valence-corrected chi connectivity index (χ2v) is 9.88. The van der Waals surface area contributed by atoms with Crippen molar-refractivity contribution < 1.29 is 13.6 Å². The van der Waals surface area contributed by atoms with Crippen LogP contribution in [-0.4, -0.2) is 58.9 Å². The van der Waals surface area contributed by atoms with E-state index in [1.165, 1.54) is 28.0 Å². The molecule has 3 heterocycles. The molecule has 1 aromatic heterocycles. The number of aromatic nitrogens is 1. The van der Waals surface area contributed by atoms with Gasteiger partial charge in [0.05, 0.1) is 12.1 Å². The van der Waals surface area contributed by atoms with Crippen LogP contribution in [0.3, 0.4) is 0 Å². The average Bonchev–Trinajstić information content (AvgIpc) is 3.14. The van der Waals surface area contributed by atoms with Crippen LogP contribution in [0.25, 0.3) is 10.9 Å². The molecule has 1 fully saturated rings. The molecule has 1 amide bonds. The van der Waals surface area contributed by atoms with Crippen LogP contribution in [-0.2, 0) is 10.3 Å². The number of rotatable bonds is 7. The number of amides is 1. The smallest absolute Gasteiger partial charge is 0.260 e. The van der Waals surface area contributed by atoms with E-state index >= 15 is 4.39 Å². The summed E-state index contributed by atoms with van der Waals surface area (Å²) in [6.07, 6.45) is 3.06. The van der Waals surface area contributed by atoms with Crippen LogP contribution in [0.4, 0.5) is 8.78 Å². The maximum atomic E-state index is 15.3. The van der Waals surface area contributed by atoms with Crippen molar-refractivity contribution in [1.82, 2.24) is 14.8 Å². The van der Waals surface area contributed by atoms with Crippen LogP contribution in [0.5, 0.6) is 0 Å². The number of halogens is 2. The SMILES string of the molecule is CCC1(c2ccc(F)cc2)N=C(C)N(CC(F)CN2CCC(c3ccnc4ccccc34)CC2)C1=O. The van der Waals surface area contributed by atoms with Gasteiger partial charge in [-0.25, -0.2) is 8.78 Å². The Hall–Kier alpha value is -3.19. The van der Waals surface area contributed by atoms with Crippen LogP contribution in [0.1, 0.15) is 50.2 Å². The van der Waals surface area contributed by atoms with Crippen molar-refractivity contribution in [3.8, 4) is 0 Å². The summed E-state index contributed by atoms with van der Waals surface area (Å²) < 4.78 is 28.7. The van der Waals surface area contributed by atoms with Gasteiger partial charge in [-0.05, 0) is 80.6 Å². The lowest BCUT2D eigenvalue weighted by Gasteiger charge is -2.34. The molecule has 0 aliphatic carbocycles. The van der Waals surface area contributed by atoms with E-state index in [9.17, 15) is 9.18 Å². The molecular weight excluding hydrogens is 458 g/mol. The lowest BCUT2D eigenvalue weighted by molar-refractivity contribution is -0.132. The number of likely N-dealkylation sites (tertiary alicyclic amines) is 1. The van der Waals surface area contributed by atoms with Gasteiger partial charge in [0.15, 0.2) is 5.54 Å². The Morgan fingerprint density at radius 2 is 1.78 bits per heavy atom. The van der Waals surface area contributed by atoms with Crippen LogP contribution < -0.4 is 0 Å². The molecule has 2 aliphatic rings. The Bertz CT molecular complexity index is 1260. The summed E-state index contributed by atoms with van der Waals surface area (Å²) in [6.45, 7) is 5.53. The van der Waals surface area contributed by atoms with Crippen molar-refractivity contribution >= 4 is 22.6 Å². The number of hydrogen-bond acceptors (Lipinski definition) is 4. The molecule has 36 heavy (non-hydrogen) atoms. The Morgan fingerprint density at radius 1 is 1.06 bits per heavy atom. The summed E-state index contributed by atoms with van der Waals surface area (Å²) in [5, 5.41) is 1.20. The number of aliphatic imine (C=N–C) groups is 1. The first-order valence-electron chi connectivity index (χ1n) is 12.8. The fourth-order valence-electron chi connectivity index (χ4n) is 5.75. The third-order valence-electron chi connectivity index (χ3n) is 7.72. The zero-order chi connectivity index (χ0) is 25.3. The first kappa shape index (κ1) is 24.5. The Labute approximate surface area is 210 Å². The highest BCUT2D eigenvalue weighted by atomic mass is 19.1. The molecule has 0 N–H and O–H groups in total. The summed E-state index contributed by atoms with van der Waals surface area (Å²) >= 11 is 0. The summed E-state index contributed by atoms with van der Waals surface area (Å²) in [7, 11) is 0. The summed E-state index contributed by atoms with van der Waals surface area (Å²) in [4.78, 5) is 26.2.